The second-order valence-corrected chi connectivity index (χ2v) is 7.08. The Bertz CT molecular complexity index is 911. The third-order valence-electron chi connectivity index (χ3n) is 5.06. The van der Waals surface area contributed by atoms with Crippen molar-refractivity contribution in [3.8, 4) is 5.75 Å². The molecule has 3 rings (SSSR count). The molecule has 0 bridgehead atoms. The fraction of sp³-hybridized carbons (Fsp3) is 0.364. The van der Waals surface area contributed by atoms with E-state index in [1.165, 1.54) is 0 Å². The molecule has 152 valence electrons. The van der Waals surface area contributed by atoms with Gasteiger partial charge in [0, 0.05) is 22.5 Å². The number of hydrogen-bond donors (Lipinski definition) is 0. The number of esters is 1. The van der Waals surface area contributed by atoms with Crippen molar-refractivity contribution in [3.05, 3.63) is 75.3 Å². The summed E-state index contributed by atoms with van der Waals surface area (Å²) >= 11 is 0. The third kappa shape index (κ3) is 4.62. The molecule has 7 heteroatoms. The van der Waals surface area contributed by atoms with E-state index in [-0.39, 0.29) is 25.2 Å². The lowest BCUT2D eigenvalue weighted by atomic mass is 9.80. The summed E-state index contributed by atoms with van der Waals surface area (Å²) in [6, 6.07) is 12.8. The fourth-order valence-corrected chi connectivity index (χ4v) is 3.73. The lowest BCUT2D eigenvalue weighted by Gasteiger charge is -2.34. The molecule has 0 fully saturated rings. The zero-order valence-corrected chi connectivity index (χ0v) is 16.4. The van der Waals surface area contributed by atoms with E-state index in [1.807, 2.05) is 13.0 Å². The Balaban J connectivity index is 1.98. The predicted octanol–water partition coefficient (Wildman–Crippen LogP) is 3.71. The predicted molar refractivity (Wildman–Crippen MR) is 106 cm³/mol. The van der Waals surface area contributed by atoms with Gasteiger partial charge in [0.1, 0.15) is 5.75 Å². The van der Waals surface area contributed by atoms with Crippen LogP contribution in [0.4, 0.5) is 0 Å². The first kappa shape index (κ1) is 20.5. The zero-order valence-electron chi connectivity index (χ0n) is 16.4. The molecule has 0 aromatic heterocycles. The number of hydrogen-bond acceptors (Lipinski definition) is 6. The van der Waals surface area contributed by atoms with Crippen LogP contribution in [-0.2, 0) is 9.53 Å². The topological polar surface area (TPSA) is 95.7 Å². The summed E-state index contributed by atoms with van der Waals surface area (Å²) in [5, 5.41) is 12.0. The third-order valence-corrected chi connectivity index (χ3v) is 5.06. The van der Waals surface area contributed by atoms with Crippen LogP contribution in [0.2, 0.25) is 0 Å². The van der Waals surface area contributed by atoms with Gasteiger partial charge in [0.15, 0.2) is 11.9 Å². The molecule has 0 radical (unpaired) electrons. The average Bonchev–Trinajstić information content (AvgIpc) is 2.68. The summed E-state index contributed by atoms with van der Waals surface area (Å²) < 4.78 is 10.8. The Hall–Kier alpha value is -3.22. The molecular formula is C22H23NO6. The van der Waals surface area contributed by atoms with Crippen LogP contribution < -0.4 is 4.74 Å². The molecule has 0 unspecified atom stereocenters. The van der Waals surface area contributed by atoms with Crippen LogP contribution in [0.5, 0.6) is 5.75 Å². The molecule has 0 amide bonds. The van der Waals surface area contributed by atoms with Crippen molar-refractivity contribution in [2.75, 3.05) is 6.61 Å². The minimum absolute atomic E-state index is 0.0472. The number of rotatable bonds is 7. The average molecular weight is 397 g/mol. The van der Waals surface area contributed by atoms with Crippen LogP contribution >= 0.6 is 0 Å². The number of benzene rings is 2. The van der Waals surface area contributed by atoms with Gasteiger partial charge in [0.2, 0.25) is 0 Å². The molecule has 3 atom stereocenters. The number of carbonyl (C=O) groups is 2. The van der Waals surface area contributed by atoms with E-state index in [9.17, 15) is 19.7 Å². The Kier molecular flexibility index (Phi) is 6.26. The van der Waals surface area contributed by atoms with Crippen molar-refractivity contribution >= 4 is 11.8 Å². The molecule has 0 spiro atoms. The molecule has 0 N–H and O–H groups in total. The van der Waals surface area contributed by atoms with Crippen molar-refractivity contribution in [3.63, 3.8) is 0 Å². The maximum Gasteiger partial charge on any atom is 0.309 e. The van der Waals surface area contributed by atoms with Gasteiger partial charge >= 0.3 is 5.97 Å². The Labute approximate surface area is 168 Å². The highest BCUT2D eigenvalue weighted by molar-refractivity contribution is 5.96. The molecule has 29 heavy (non-hydrogen) atoms. The van der Waals surface area contributed by atoms with Gasteiger partial charge in [0.05, 0.1) is 18.9 Å². The Morgan fingerprint density at radius 2 is 1.86 bits per heavy atom. The molecule has 1 aliphatic heterocycles. The number of nitro groups is 1. The van der Waals surface area contributed by atoms with E-state index in [1.54, 1.807) is 49.4 Å². The van der Waals surface area contributed by atoms with Crippen molar-refractivity contribution in [2.24, 2.45) is 0 Å². The maximum atomic E-state index is 12.8. The summed E-state index contributed by atoms with van der Waals surface area (Å²) in [6.45, 7) is 3.73. The highest BCUT2D eigenvalue weighted by Gasteiger charge is 2.48. The molecule has 7 nitrogen and oxygen atoms in total. The number of ether oxygens (including phenoxy) is 2. The van der Waals surface area contributed by atoms with E-state index in [0.29, 0.717) is 16.9 Å². The summed E-state index contributed by atoms with van der Waals surface area (Å²) in [5.41, 5.74) is 2.03. The lowest BCUT2D eigenvalue weighted by molar-refractivity contribution is -0.538. The normalized spacial score (nSPS) is 20.3. The van der Waals surface area contributed by atoms with Gasteiger partial charge in [-0.05, 0) is 25.5 Å². The Morgan fingerprint density at radius 3 is 2.52 bits per heavy atom. The minimum Gasteiger partial charge on any atom is -0.482 e. The van der Waals surface area contributed by atoms with E-state index < -0.39 is 29.0 Å². The van der Waals surface area contributed by atoms with Gasteiger partial charge in [-0.25, -0.2) is 0 Å². The van der Waals surface area contributed by atoms with Crippen LogP contribution in [0, 0.1) is 17.0 Å². The zero-order chi connectivity index (χ0) is 21.0. The van der Waals surface area contributed by atoms with Gasteiger partial charge in [-0.1, -0.05) is 42.5 Å². The van der Waals surface area contributed by atoms with Crippen LogP contribution in [0.15, 0.2) is 48.5 Å². The van der Waals surface area contributed by atoms with Gasteiger partial charge in [-0.2, -0.15) is 0 Å². The van der Waals surface area contributed by atoms with Gasteiger partial charge in [-0.3, -0.25) is 19.7 Å². The van der Waals surface area contributed by atoms with E-state index in [4.69, 9.17) is 9.47 Å². The molecule has 0 saturated carbocycles. The lowest BCUT2D eigenvalue weighted by Crippen LogP contribution is -2.47. The summed E-state index contributed by atoms with van der Waals surface area (Å²) in [6.07, 6.45) is -1.30. The van der Waals surface area contributed by atoms with Crippen molar-refractivity contribution in [1.82, 2.24) is 0 Å². The molecule has 1 aliphatic rings. The van der Waals surface area contributed by atoms with Crippen molar-refractivity contribution in [2.45, 2.75) is 44.8 Å². The minimum atomic E-state index is -1.23. The molecule has 1 heterocycles. The van der Waals surface area contributed by atoms with Crippen molar-refractivity contribution < 1.29 is 24.0 Å². The van der Waals surface area contributed by atoms with Crippen LogP contribution in [0.25, 0.3) is 0 Å². The first-order valence-corrected chi connectivity index (χ1v) is 9.55. The summed E-state index contributed by atoms with van der Waals surface area (Å²) in [7, 11) is 0. The number of Topliss-reactive ketones (excluding diaryl/α,β-unsaturated/α-hetero) is 1. The largest absolute Gasteiger partial charge is 0.482 e. The quantitative estimate of drug-likeness (QED) is 0.306. The highest BCUT2D eigenvalue weighted by Crippen LogP contribution is 2.41. The second-order valence-electron chi connectivity index (χ2n) is 7.08. The highest BCUT2D eigenvalue weighted by atomic mass is 16.6. The van der Waals surface area contributed by atoms with Crippen LogP contribution in [0.3, 0.4) is 0 Å². The van der Waals surface area contributed by atoms with Gasteiger partial charge in [-0.15, -0.1) is 0 Å². The maximum absolute atomic E-state index is 12.8. The number of ketones is 1. The number of fused-ring (bicyclic) bond motifs is 1. The van der Waals surface area contributed by atoms with Crippen molar-refractivity contribution in [1.29, 1.82) is 0 Å². The van der Waals surface area contributed by atoms with E-state index >= 15 is 0 Å². The van der Waals surface area contributed by atoms with E-state index in [2.05, 4.69) is 0 Å². The SMILES string of the molecule is CCOC(=O)C[C@@H]1Oc2cc(C)ccc2[C@@H](CC(=O)c2ccccc2)[C@@H]1[N+](=O)[O-]. The van der Waals surface area contributed by atoms with E-state index in [0.717, 1.165) is 5.56 Å². The molecule has 0 aliphatic carbocycles. The first-order chi connectivity index (χ1) is 13.9. The number of aryl methyl sites for hydroxylation is 1. The molecule has 0 saturated heterocycles. The fourth-order valence-electron chi connectivity index (χ4n) is 3.73. The van der Waals surface area contributed by atoms with Gasteiger partial charge < -0.3 is 9.47 Å². The molecule has 2 aromatic rings. The number of carbonyl (C=O) groups excluding carboxylic acids is 2. The Morgan fingerprint density at radius 1 is 1.14 bits per heavy atom. The standard InChI is InChI=1S/C22H23NO6/c1-3-28-21(25)13-20-22(23(26)27)17(12-18(24)15-7-5-4-6-8-15)16-10-9-14(2)11-19(16)29-20/h4-11,17,20,22H,3,12-13H2,1-2H3/t17-,20+,22+/m1/s1. The smallest absolute Gasteiger partial charge is 0.309 e. The van der Waals surface area contributed by atoms with Crippen LogP contribution in [-0.4, -0.2) is 35.4 Å². The van der Waals surface area contributed by atoms with Gasteiger partial charge in [0.25, 0.3) is 6.04 Å². The molecular weight excluding hydrogens is 374 g/mol. The summed E-state index contributed by atoms with van der Waals surface area (Å²) in [4.78, 5) is 36.4. The first-order valence-electron chi connectivity index (χ1n) is 9.55. The number of nitrogens with zero attached hydrogens (tertiary/aromatic N) is 1. The second kappa shape index (κ2) is 8.86. The molecule has 2 aromatic carbocycles. The van der Waals surface area contributed by atoms with Crippen LogP contribution in [0.1, 0.15) is 47.2 Å². The summed E-state index contributed by atoms with van der Waals surface area (Å²) in [5.74, 6) is -0.982. The monoisotopic (exact) mass is 397 g/mol.